The molecular formula is C14H15N3O. The Labute approximate surface area is 106 Å². The first-order valence-electron chi connectivity index (χ1n) is 5.80. The van der Waals surface area contributed by atoms with Crippen molar-refractivity contribution in [3.63, 3.8) is 0 Å². The van der Waals surface area contributed by atoms with Crippen molar-refractivity contribution in [1.82, 2.24) is 15.6 Å². The van der Waals surface area contributed by atoms with Crippen LogP contribution >= 0.6 is 0 Å². The van der Waals surface area contributed by atoms with E-state index in [0.717, 1.165) is 11.3 Å². The smallest absolute Gasteiger partial charge is 0.315 e. The highest BCUT2D eigenvalue weighted by Gasteiger charge is 2.00. The fraction of sp³-hybridized carbons (Fsp3) is 0.143. The summed E-state index contributed by atoms with van der Waals surface area (Å²) in [5, 5.41) is 5.55. The molecule has 0 aliphatic carbocycles. The quantitative estimate of drug-likeness (QED) is 0.861. The summed E-state index contributed by atoms with van der Waals surface area (Å²) in [5.74, 6) is 0. The fourth-order valence-corrected chi connectivity index (χ4v) is 1.51. The Morgan fingerprint density at radius 1 is 0.944 bits per heavy atom. The molecule has 92 valence electrons. The molecular weight excluding hydrogens is 226 g/mol. The molecule has 0 atom stereocenters. The van der Waals surface area contributed by atoms with Gasteiger partial charge < -0.3 is 10.6 Å². The molecule has 2 aromatic rings. The molecule has 1 aromatic carbocycles. The summed E-state index contributed by atoms with van der Waals surface area (Å²) < 4.78 is 0. The molecule has 0 bridgehead atoms. The van der Waals surface area contributed by atoms with Crippen molar-refractivity contribution in [2.45, 2.75) is 13.1 Å². The van der Waals surface area contributed by atoms with E-state index in [4.69, 9.17) is 0 Å². The van der Waals surface area contributed by atoms with Crippen molar-refractivity contribution in [3.05, 3.63) is 66.0 Å². The van der Waals surface area contributed by atoms with Crippen molar-refractivity contribution in [2.75, 3.05) is 0 Å². The number of benzene rings is 1. The highest BCUT2D eigenvalue weighted by molar-refractivity contribution is 5.73. The third-order valence-electron chi connectivity index (χ3n) is 2.45. The standard InChI is InChI=1S/C14H15N3O/c18-14(16-10-12-6-2-1-3-7-12)17-11-13-8-4-5-9-15-13/h1-9H,10-11H2,(H2,16,17,18). The minimum atomic E-state index is -0.190. The van der Waals surface area contributed by atoms with E-state index in [9.17, 15) is 4.79 Å². The number of hydrogen-bond donors (Lipinski definition) is 2. The van der Waals surface area contributed by atoms with Gasteiger partial charge in [0.05, 0.1) is 12.2 Å². The minimum absolute atomic E-state index is 0.190. The van der Waals surface area contributed by atoms with E-state index in [1.807, 2.05) is 48.5 Å². The van der Waals surface area contributed by atoms with Gasteiger partial charge in [-0.1, -0.05) is 36.4 Å². The van der Waals surface area contributed by atoms with Gasteiger partial charge in [-0.2, -0.15) is 0 Å². The number of nitrogens with one attached hydrogen (secondary N) is 2. The van der Waals surface area contributed by atoms with Crippen LogP contribution in [0.1, 0.15) is 11.3 Å². The van der Waals surface area contributed by atoms with Crippen LogP contribution in [-0.2, 0) is 13.1 Å². The molecule has 0 radical (unpaired) electrons. The number of rotatable bonds is 4. The second-order valence-electron chi connectivity index (χ2n) is 3.84. The molecule has 2 amide bonds. The number of nitrogens with zero attached hydrogens (tertiary/aromatic N) is 1. The van der Waals surface area contributed by atoms with Gasteiger partial charge in [0.15, 0.2) is 0 Å². The average molecular weight is 241 g/mol. The zero-order valence-corrected chi connectivity index (χ0v) is 9.97. The van der Waals surface area contributed by atoms with E-state index < -0.39 is 0 Å². The normalized spacial score (nSPS) is 9.78. The zero-order valence-electron chi connectivity index (χ0n) is 9.97. The maximum absolute atomic E-state index is 11.5. The molecule has 4 heteroatoms. The van der Waals surface area contributed by atoms with Crippen LogP contribution in [-0.4, -0.2) is 11.0 Å². The summed E-state index contributed by atoms with van der Waals surface area (Å²) in [6.45, 7) is 0.955. The Bertz CT molecular complexity index is 439. The van der Waals surface area contributed by atoms with Gasteiger partial charge in [0.2, 0.25) is 0 Å². The van der Waals surface area contributed by atoms with E-state index in [1.54, 1.807) is 6.20 Å². The number of hydrogen-bond acceptors (Lipinski definition) is 2. The topological polar surface area (TPSA) is 54.0 Å². The van der Waals surface area contributed by atoms with E-state index in [0.29, 0.717) is 13.1 Å². The van der Waals surface area contributed by atoms with E-state index in [1.165, 1.54) is 0 Å². The predicted octanol–water partition coefficient (Wildman–Crippen LogP) is 2.08. The molecule has 2 N–H and O–H groups in total. The highest BCUT2D eigenvalue weighted by Crippen LogP contribution is 1.97. The molecule has 0 saturated carbocycles. The molecule has 0 spiro atoms. The lowest BCUT2D eigenvalue weighted by Gasteiger charge is -2.07. The second-order valence-corrected chi connectivity index (χ2v) is 3.84. The van der Waals surface area contributed by atoms with Gasteiger partial charge in [-0.3, -0.25) is 4.98 Å². The lowest BCUT2D eigenvalue weighted by Crippen LogP contribution is -2.34. The number of amides is 2. The van der Waals surface area contributed by atoms with Crippen molar-refractivity contribution >= 4 is 6.03 Å². The van der Waals surface area contributed by atoms with Crippen molar-refractivity contribution < 1.29 is 4.79 Å². The molecule has 0 unspecified atom stereocenters. The summed E-state index contributed by atoms with van der Waals surface area (Å²) in [6, 6.07) is 15.2. The average Bonchev–Trinajstić information content (AvgIpc) is 2.45. The van der Waals surface area contributed by atoms with Crippen LogP contribution in [0, 0.1) is 0 Å². The number of aromatic nitrogens is 1. The fourth-order valence-electron chi connectivity index (χ4n) is 1.51. The SMILES string of the molecule is O=C(NCc1ccccc1)NCc1ccccn1. The number of carbonyl (C=O) groups is 1. The van der Waals surface area contributed by atoms with Crippen LogP contribution < -0.4 is 10.6 Å². The molecule has 0 saturated heterocycles. The number of urea groups is 1. The number of carbonyl (C=O) groups excluding carboxylic acids is 1. The Balaban J connectivity index is 1.73. The number of pyridine rings is 1. The van der Waals surface area contributed by atoms with Crippen LogP contribution in [0.2, 0.25) is 0 Å². The molecule has 0 aliphatic heterocycles. The largest absolute Gasteiger partial charge is 0.334 e. The predicted molar refractivity (Wildman–Crippen MR) is 69.8 cm³/mol. The molecule has 4 nitrogen and oxygen atoms in total. The van der Waals surface area contributed by atoms with Crippen LogP contribution in [0.4, 0.5) is 4.79 Å². The van der Waals surface area contributed by atoms with Crippen LogP contribution in [0.3, 0.4) is 0 Å². The molecule has 0 fully saturated rings. The van der Waals surface area contributed by atoms with Crippen molar-refractivity contribution in [2.24, 2.45) is 0 Å². The Morgan fingerprint density at radius 2 is 1.67 bits per heavy atom. The van der Waals surface area contributed by atoms with Gasteiger partial charge in [0, 0.05) is 12.7 Å². The van der Waals surface area contributed by atoms with Crippen LogP contribution in [0.5, 0.6) is 0 Å². The van der Waals surface area contributed by atoms with Gasteiger partial charge in [0.1, 0.15) is 0 Å². The summed E-state index contributed by atoms with van der Waals surface area (Å²) in [7, 11) is 0. The zero-order chi connectivity index (χ0) is 12.6. The van der Waals surface area contributed by atoms with Crippen LogP contribution in [0.25, 0.3) is 0 Å². The highest BCUT2D eigenvalue weighted by atomic mass is 16.2. The maximum Gasteiger partial charge on any atom is 0.315 e. The Morgan fingerprint density at radius 3 is 2.39 bits per heavy atom. The van der Waals surface area contributed by atoms with Gasteiger partial charge >= 0.3 is 6.03 Å². The van der Waals surface area contributed by atoms with Crippen LogP contribution in [0.15, 0.2) is 54.7 Å². The summed E-state index contributed by atoms with van der Waals surface area (Å²) >= 11 is 0. The monoisotopic (exact) mass is 241 g/mol. The molecule has 18 heavy (non-hydrogen) atoms. The Kier molecular flexibility index (Phi) is 4.30. The van der Waals surface area contributed by atoms with E-state index in [2.05, 4.69) is 15.6 Å². The van der Waals surface area contributed by atoms with Crippen molar-refractivity contribution in [3.8, 4) is 0 Å². The van der Waals surface area contributed by atoms with E-state index >= 15 is 0 Å². The van der Waals surface area contributed by atoms with Gasteiger partial charge in [-0.05, 0) is 17.7 Å². The first kappa shape index (κ1) is 12.1. The Hall–Kier alpha value is -2.36. The summed E-state index contributed by atoms with van der Waals surface area (Å²) in [4.78, 5) is 15.7. The second kappa shape index (κ2) is 6.39. The van der Waals surface area contributed by atoms with E-state index in [-0.39, 0.29) is 6.03 Å². The first-order chi connectivity index (χ1) is 8.84. The lowest BCUT2D eigenvalue weighted by molar-refractivity contribution is 0.240. The third kappa shape index (κ3) is 3.90. The summed E-state index contributed by atoms with van der Waals surface area (Å²) in [6.07, 6.45) is 1.71. The molecule has 1 aromatic heterocycles. The molecule has 2 rings (SSSR count). The lowest BCUT2D eigenvalue weighted by atomic mass is 10.2. The molecule has 0 aliphatic rings. The maximum atomic E-state index is 11.5. The summed E-state index contributed by atoms with van der Waals surface area (Å²) in [5.41, 5.74) is 1.91. The van der Waals surface area contributed by atoms with Crippen molar-refractivity contribution in [1.29, 1.82) is 0 Å². The molecule has 1 heterocycles. The minimum Gasteiger partial charge on any atom is -0.334 e. The third-order valence-corrected chi connectivity index (χ3v) is 2.45. The first-order valence-corrected chi connectivity index (χ1v) is 5.80. The van der Waals surface area contributed by atoms with Gasteiger partial charge in [-0.25, -0.2) is 4.79 Å². The van der Waals surface area contributed by atoms with Gasteiger partial charge in [-0.15, -0.1) is 0 Å². The van der Waals surface area contributed by atoms with Gasteiger partial charge in [0.25, 0.3) is 0 Å².